The first-order valence-corrected chi connectivity index (χ1v) is 12.3. The zero-order chi connectivity index (χ0) is 24.1. The molecule has 0 saturated carbocycles. The number of nitrogens with zero attached hydrogens (tertiary/aromatic N) is 1. The van der Waals surface area contributed by atoms with Crippen LogP contribution in [0, 0.1) is 12.0 Å². The molecule has 0 aromatic heterocycles. The fourth-order valence-corrected chi connectivity index (χ4v) is 4.56. The van der Waals surface area contributed by atoms with Gasteiger partial charge in [0.25, 0.3) is 0 Å². The summed E-state index contributed by atoms with van der Waals surface area (Å²) in [6.45, 7) is 13.8. The molecule has 0 radical (unpaired) electrons. The molecule has 5 heteroatoms. The molecule has 1 saturated heterocycles. The third-order valence-electron chi connectivity index (χ3n) is 6.59. The lowest BCUT2D eigenvalue weighted by molar-refractivity contribution is -0.138. The van der Waals surface area contributed by atoms with E-state index in [1.54, 1.807) is 0 Å². The van der Waals surface area contributed by atoms with Crippen molar-refractivity contribution < 1.29 is 18.9 Å². The zero-order valence-electron chi connectivity index (χ0n) is 20.2. The predicted molar refractivity (Wildman–Crippen MR) is 136 cm³/mol. The van der Waals surface area contributed by atoms with E-state index in [1.165, 1.54) is 22.3 Å². The van der Waals surface area contributed by atoms with Gasteiger partial charge in [-0.25, -0.2) is 4.85 Å². The van der Waals surface area contributed by atoms with Crippen LogP contribution in [0.4, 0.5) is 5.69 Å². The van der Waals surface area contributed by atoms with Gasteiger partial charge in [0.1, 0.15) is 18.1 Å². The van der Waals surface area contributed by atoms with E-state index in [4.69, 9.17) is 25.5 Å². The molecule has 3 aromatic carbocycles. The number of rotatable bonds is 11. The third-order valence-corrected chi connectivity index (χ3v) is 6.59. The highest BCUT2D eigenvalue weighted by atomic mass is 16.5. The van der Waals surface area contributed by atoms with Gasteiger partial charge in [-0.2, -0.15) is 0 Å². The summed E-state index contributed by atoms with van der Waals surface area (Å²) < 4.78 is 22.9. The summed E-state index contributed by atoms with van der Waals surface area (Å²) in [6.07, 6.45) is 2.83. The van der Waals surface area contributed by atoms with Crippen LogP contribution in [0.1, 0.15) is 36.5 Å². The molecule has 0 spiro atoms. The Hall–Kier alpha value is -3.33. The molecule has 0 N–H and O–H groups in total. The number of hydrogen-bond donors (Lipinski definition) is 0. The van der Waals surface area contributed by atoms with Gasteiger partial charge in [-0.05, 0) is 71.3 Å². The molecule has 0 amide bonds. The van der Waals surface area contributed by atoms with Crippen LogP contribution in [0.25, 0.3) is 16.0 Å². The number of fused-ring (bicyclic) bond motifs is 3. The Bertz CT molecular complexity index is 1210. The topological polar surface area (TPSA) is 41.3 Å². The Labute approximate surface area is 207 Å². The molecule has 0 bridgehead atoms. The lowest BCUT2D eigenvalue weighted by Crippen LogP contribution is -2.43. The molecule has 1 aliphatic carbocycles. The van der Waals surface area contributed by atoms with Crippen molar-refractivity contribution in [3.05, 3.63) is 88.8 Å². The summed E-state index contributed by atoms with van der Waals surface area (Å²) in [5, 5.41) is 0. The van der Waals surface area contributed by atoms with E-state index in [0.29, 0.717) is 18.9 Å². The molecule has 1 fully saturated rings. The molecule has 180 valence electrons. The van der Waals surface area contributed by atoms with Crippen molar-refractivity contribution in [1.29, 1.82) is 0 Å². The Morgan fingerprint density at radius 2 is 1.54 bits per heavy atom. The highest BCUT2D eigenvalue weighted by Crippen LogP contribution is 2.39. The molecule has 1 aliphatic heterocycles. The highest BCUT2D eigenvalue weighted by molar-refractivity contribution is 5.79. The third kappa shape index (κ3) is 5.67. The van der Waals surface area contributed by atoms with Gasteiger partial charge < -0.3 is 18.9 Å². The average molecular weight is 470 g/mol. The maximum Gasteiger partial charge on any atom is 0.187 e. The second-order valence-electron chi connectivity index (χ2n) is 9.79. The Balaban J connectivity index is 1.03. The maximum absolute atomic E-state index is 7.23. The predicted octanol–water partition coefficient (Wildman–Crippen LogP) is 6.60. The van der Waals surface area contributed by atoms with Crippen molar-refractivity contribution >= 4 is 5.69 Å². The number of unbranched alkanes of at least 4 members (excludes halogenated alkanes) is 1. The molecule has 2 aliphatic rings. The summed E-state index contributed by atoms with van der Waals surface area (Å²) in [7, 11) is 0. The second-order valence-corrected chi connectivity index (χ2v) is 9.79. The van der Waals surface area contributed by atoms with Gasteiger partial charge >= 0.3 is 0 Å². The fraction of sp³-hybridized carbons (Fsp3) is 0.367. The molecular formula is C30H31NO4. The largest absolute Gasteiger partial charge is 0.494 e. The van der Waals surface area contributed by atoms with Crippen LogP contribution in [0.5, 0.6) is 11.5 Å². The van der Waals surface area contributed by atoms with E-state index in [2.05, 4.69) is 36.0 Å². The van der Waals surface area contributed by atoms with E-state index in [9.17, 15) is 0 Å². The van der Waals surface area contributed by atoms with Gasteiger partial charge in [0.2, 0.25) is 0 Å². The van der Waals surface area contributed by atoms with Gasteiger partial charge in [0, 0.05) is 12.0 Å². The second kappa shape index (κ2) is 10.5. The van der Waals surface area contributed by atoms with E-state index in [0.717, 1.165) is 62.8 Å². The highest BCUT2D eigenvalue weighted by Gasteiger charge is 2.33. The molecule has 5 nitrogen and oxygen atoms in total. The summed E-state index contributed by atoms with van der Waals surface area (Å²) in [6, 6.07) is 20.3. The average Bonchev–Trinajstić information content (AvgIpc) is 3.23. The van der Waals surface area contributed by atoms with Crippen LogP contribution in [-0.2, 0) is 22.5 Å². The first-order chi connectivity index (χ1) is 17.1. The maximum atomic E-state index is 7.23. The molecule has 35 heavy (non-hydrogen) atoms. The van der Waals surface area contributed by atoms with Gasteiger partial charge in [-0.15, -0.1) is 0 Å². The van der Waals surface area contributed by atoms with Crippen LogP contribution < -0.4 is 9.47 Å². The smallest absolute Gasteiger partial charge is 0.187 e. The fourth-order valence-electron chi connectivity index (χ4n) is 4.56. The molecular weight excluding hydrogens is 438 g/mol. The number of ether oxygens (including phenoxy) is 4. The number of benzene rings is 3. The standard InChI is InChI=1S/C30H31NO4/c1-30(20-33-21-30)19-32-13-3-4-14-34-26-7-9-27(10-8-26)35-18-22-5-11-28-23(15-22)16-24-17-25(31-2)6-12-29(24)28/h5-12,15,17H,3-4,13-14,16,18-21H2,1H3. The molecule has 0 atom stereocenters. The Morgan fingerprint density at radius 3 is 2.26 bits per heavy atom. The van der Waals surface area contributed by atoms with Crippen LogP contribution in [0.2, 0.25) is 0 Å². The minimum atomic E-state index is 0.219. The zero-order valence-corrected chi connectivity index (χ0v) is 20.2. The van der Waals surface area contributed by atoms with Crippen LogP contribution >= 0.6 is 0 Å². The Morgan fingerprint density at radius 1 is 0.857 bits per heavy atom. The van der Waals surface area contributed by atoms with Crippen molar-refractivity contribution in [3.63, 3.8) is 0 Å². The first-order valence-electron chi connectivity index (χ1n) is 12.3. The van der Waals surface area contributed by atoms with Crippen molar-refractivity contribution in [1.82, 2.24) is 0 Å². The summed E-state index contributed by atoms with van der Waals surface area (Å²) in [4.78, 5) is 3.55. The van der Waals surface area contributed by atoms with E-state index >= 15 is 0 Å². The molecule has 5 rings (SSSR count). The van der Waals surface area contributed by atoms with Gasteiger partial charge in [0.05, 0.1) is 33.0 Å². The van der Waals surface area contributed by atoms with E-state index < -0.39 is 0 Å². The van der Waals surface area contributed by atoms with Crippen LogP contribution in [-0.4, -0.2) is 33.0 Å². The molecule has 0 unspecified atom stereocenters. The summed E-state index contributed by atoms with van der Waals surface area (Å²) >= 11 is 0. The minimum absolute atomic E-state index is 0.219. The van der Waals surface area contributed by atoms with Gasteiger partial charge in [-0.3, -0.25) is 0 Å². The lowest BCUT2D eigenvalue weighted by atomic mass is 9.90. The van der Waals surface area contributed by atoms with Gasteiger partial charge in [0.15, 0.2) is 5.69 Å². The monoisotopic (exact) mass is 469 g/mol. The van der Waals surface area contributed by atoms with Gasteiger partial charge in [-0.1, -0.05) is 43.3 Å². The van der Waals surface area contributed by atoms with E-state index in [1.807, 2.05) is 36.4 Å². The molecule has 3 aromatic rings. The first kappa shape index (κ1) is 23.4. The van der Waals surface area contributed by atoms with Crippen LogP contribution in [0.15, 0.2) is 60.7 Å². The summed E-state index contributed by atoms with van der Waals surface area (Å²) in [5.41, 5.74) is 7.08. The normalized spacial score (nSPS) is 15.0. The SMILES string of the molecule is [C-]#[N+]c1ccc2c(c1)Cc1cc(COc3ccc(OCCCCOCC4(C)COC4)cc3)ccc1-2. The van der Waals surface area contributed by atoms with Crippen molar-refractivity contribution in [2.75, 3.05) is 33.0 Å². The van der Waals surface area contributed by atoms with Crippen molar-refractivity contribution in [3.8, 4) is 22.6 Å². The summed E-state index contributed by atoms with van der Waals surface area (Å²) in [5.74, 6) is 1.68. The Kier molecular flexibility index (Phi) is 7.03. The lowest BCUT2D eigenvalue weighted by Gasteiger charge is -2.37. The molecule has 1 heterocycles. The quantitative estimate of drug-likeness (QED) is 0.183. The van der Waals surface area contributed by atoms with Crippen molar-refractivity contribution in [2.24, 2.45) is 5.41 Å². The van der Waals surface area contributed by atoms with E-state index in [-0.39, 0.29) is 5.41 Å². The van der Waals surface area contributed by atoms with Crippen molar-refractivity contribution in [2.45, 2.75) is 32.8 Å². The number of hydrogen-bond acceptors (Lipinski definition) is 4. The minimum Gasteiger partial charge on any atom is -0.494 e. The van der Waals surface area contributed by atoms with Crippen LogP contribution in [0.3, 0.4) is 0 Å².